The Labute approximate surface area is 122 Å². The molecule has 0 unspecified atom stereocenters. The lowest BCUT2D eigenvalue weighted by atomic mass is 10.1. The van der Waals surface area contributed by atoms with Gasteiger partial charge >= 0.3 is 12.0 Å². The zero-order valence-electron chi connectivity index (χ0n) is 11.9. The monoisotopic (exact) mass is 294 g/mol. The molecule has 0 bridgehead atoms. The molecule has 0 saturated heterocycles. The number of amides is 3. The van der Waals surface area contributed by atoms with Crippen LogP contribution in [0.1, 0.15) is 19.4 Å². The lowest BCUT2D eigenvalue weighted by Crippen LogP contribution is -2.44. The van der Waals surface area contributed by atoms with Crippen LogP contribution in [-0.2, 0) is 16.0 Å². The van der Waals surface area contributed by atoms with Gasteiger partial charge in [-0.1, -0.05) is 12.1 Å². The normalized spacial score (nSPS) is 10.0. The van der Waals surface area contributed by atoms with Gasteiger partial charge in [0.25, 0.3) is 5.91 Å². The molecule has 0 radical (unpaired) electrons. The van der Waals surface area contributed by atoms with Crippen LogP contribution in [0.4, 0.5) is 4.79 Å². The van der Waals surface area contributed by atoms with E-state index in [9.17, 15) is 14.4 Å². The quantitative estimate of drug-likeness (QED) is 0.724. The molecule has 114 valence electrons. The first-order chi connectivity index (χ1) is 9.86. The van der Waals surface area contributed by atoms with Crippen molar-refractivity contribution >= 4 is 17.9 Å². The SMILES string of the molecule is CC(C)NC(=O)NC(=O)COc1cccc(CC(=O)O)c1. The molecule has 0 aromatic heterocycles. The summed E-state index contributed by atoms with van der Waals surface area (Å²) in [6.07, 6.45) is -0.125. The Hall–Kier alpha value is -2.57. The fourth-order valence-corrected chi connectivity index (χ4v) is 1.53. The number of imide groups is 1. The Bertz CT molecular complexity index is 528. The number of carboxylic acids is 1. The molecule has 0 aliphatic carbocycles. The number of aliphatic carboxylic acids is 1. The van der Waals surface area contributed by atoms with Gasteiger partial charge in [-0.15, -0.1) is 0 Å². The largest absolute Gasteiger partial charge is 0.484 e. The lowest BCUT2D eigenvalue weighted by Gasteiger charge is -2.10. The minimum absolute atomic E-state index is 0.0774. The number of carboxylic acid groups (broad SMARTS) is 1. The first-order valence-corrected chi connectivity index (χ1v) is 6.40. The molecular weight excluding hydrogens is 276 g/mol. The standard InChI is InChI=1S/C14H18N2O5/c1-9(2)15-14(20)16-12(17)8-21-11-5-3-4-10(6-11)7-13(18)19/h3-6,9H,7-8H2,1-2H3,(H,18,19)(H2,15,16,17,20). The van der Waals surface area contributed by atoms with Crippen LogP contribution in [0.2, 0.25) is 0 Å². The average Bonchev–Trinajstić information content (AvgIpc) is 2.35. The van der Waals surface area contributed by atoms with Crippen LogP contribution in [0.15, 0.2) is 24.3 Å². The van der Waals surface area contributed by atoms with Crippen molar-refractivity contribution in [3.8, 4) is 5.75 Å². The van der Waals surface area contributed by atoms with E-state index in [0.29, 0.717) is 11.3 Å². The fourth-order valence-electron chi connectivity index (χ4n) is 1.53. The molecular formula is C14H18N2O5. The van der Waals surface area contributed by atoms with Gasteiger partial charge in [-0.25, -0.2) is 4.79 Å². The predicted octanol–water partition coefficient (Wildman–Crippen LogP) is 0.927. The second-order valence-electron chi connectivity index (χ2n) is 4.68. The van der Waals surface area contributed by atoms with Gasteiger partial charge in [0, 0.05) is 6.04 Å². The van der Waals surface area contributed by atoms with E-state index >= 15 is 0 Å². The maximum Gasteiger partial charge on any atom is 0.321 e. The van der Waals surface area contributed by atoms with Crippen LogP contribution in [0, 0.1) is 0 Å². The van der Waals surface area contributed by atoms with Gasteiger partial charge < -0.3 is 15.2 Å². The second kappa shape index (κ2) is 7.88. The van der Waals surface area contributed by atoms with Crippen molar-refractivity contribution in [2.45, 2.75) is 26.3 Å². The summed E-state index contributed by atoms with van der Waals surface area (Å²) in [5, 5.41) is 13.3. The molecule has 0 fully saturated rings. The van der Waals surface area contributed by atoms with Crippen LogP contribution >= 0.6 is 0 Å². The van der Waals surface area contributed by atoms with Gasteiger partial charge in [0.1, 0.15) is 5.75 Å². The second-order valence-corrected chi connectivity index (χ2v) is 4.68. The first kappa shape index (κ1) is 16.5. The highest BCUT2D eigenvalue weighted by molar-refractivity contribution is 5.95. The van der Waals surface area contributed by atoms with Crippen molar-refractivity contribution in [3.63, 3.8) is 0 Å². The summed E-state index contributed by atoms with van der Waals surface area (Å²) in [5.74, 6) is -1.17. The number of hydrogen-bond donors (Lipinski definition) is 3. The summed E-state index contributed by atoms with van der Waals surface area (Å²) in [7, 11) is 0. The van der Waals surface area contributed by atoms with Gasteiger partial charge in [-0.2, -0.15) is 0 Å². The predicted molar refractivity (Wildman–Crippen MR) is 75.1 cm³/mol. The summed E-state index contributed by atoms with van der Waals surface area (Å²) in [6, 6.07) is 5.76. The molecule has 1 aromatic carbocycles. The van der Waals surface area contributed by atoms with E-state index in [1.807, 2.05) is 0 Å². The number of carbonyl (C=O) groups is 3. The molecule has 7 heteroatoms. The van der Waals surface area contributed by atoms with Gasteiger partial charge in [0.2, 0.25) is 0 Å². The maximum absolute atomic E-state index is 11.5. The van der Waals surface area contributed by atoms with Crippen molar-refractivity contribution in [1.29, 1.82) is 0 Å². The van der Waals surface area contributed by atoms with Crippen molar-refractivity contribution in [1.82, 2.24) is 10.6 Å². The van der Waals surface area contributed by atoms with Gasteiger partial charge in [0.05, 0.1) is 6.42 Å². The van der Waals surface area contributed by atoms with Crippen molar-refractivity contribution in [2.24, 2.45) is 0 Å². The van der Waals surface area contributed by atoms with E-state index in [1.54, 1.807) is 32.0 Å². The smallest absolute Gasteiger partial charge is 0.321 e. The third-order valence-electron chi connectivity index (χ3n) is 2.30. The molecule has 3 N–H and O–H groups in total. The first-order valence-electron chi connectivity index (χ1n) is 6.40. The number of rotatable bonds is 6. The molecule has 1 rings (SSSR count). The number of benzene rings is 1. The molecule has 0 heterocycles. The minimum atomic E-state index is -0.949. The topological polar surface area (TPSA) is 105 Å². The van der Waals surface area contributed by atoms with Crippen LogP contribution in [0.5, 0.6) is 5.75 Å². The summed E-state index contributed by atoms with van der Waals surface area (Å²) in [5.41, 5.74) is 0.568. The Morgan fingerprint density at radius 1 is 1.29 bits per heavy atom. The molecule has 1 aromatic rings. The Balaban J connectivity index is 2.46. The zero-order chi connectivity index (χ0) is 15.8. The van der Waals surface area contributed by atoms with Gasteiger partial charge in [-0.05, 0) is 31.5 Å². The Morgan fingerprint density at radius 3 is 2.62 bits per heavy atom. The average molecular weight is 294 g/mol. The molecule has 7 nitrogen and oxygen atoms in total. The van der Waals surface area contributed by atoms with Crippen LogP contribution in [-0.4, -0.2) is 35.7 Å². The summed E-state index contributed by atoms with van der Waals surface area (Å²) in [6.45, 7) is 3.21. The summed E-state index contributed by atoms with van der Waals surface area (Å²) < 4.78 is 5.21. The number of ether oxygens (including phenoxy) is 1. The fraction of sp³-hybridized carbons (Fsp3) is 0.357. The van der Waals surface area contributed by atoms with E-state index in [1.165, 1.54) is 6.07 Å². The summed E-state index contributed by atoms with van der Waals surface area (Å²) in [4.78, 5) is 33.4. The summed E-state index contributed by atoms with van der Waals surface area (Å²) >= 11 is 0. The molecule has 0 aliphatic rings. The highest BCUT2D eigenvalue weighted by Gasteiger charge is 2.09. The van der Waals surface area contributed by atoms with Gasteiger partial charge in [-0.3, -0.25) is 14.9 Å². The van der Waals surface area contributed by atoms with Crippen molar-refractivity contribution in [3.05, 3.63) is 29.8 Å². The number of urea groups is 1. The minimum Gasteiger partial charge on any atom is -0.484 e. The van der Waals surface area contributed by atoms with Crippen LogP contribution in [0.3, 0.4) is 0 Å². The maximum atomic E-state index is 11.5. The molecule has 0 spiro atoms. The highest BCUT2D eigenvalue weighted by atomic mass is 16.5. The zero-order valence-corrected chi connectivity index (χ0v) is 11.9. The van der Waals surface area contributed by atoms with E-state index < -0.39 is 17.9 Å². The third kappa shape index (κ3) is 6.95. The van der Waals surface area contributed by atoms with E-state index in [2.05, 4.69) is 10.6 Å². The van der Waals surface area contributed by atoms with Crippen LogP contribution < -0.4 is 15.4 Å². The number of nitrogens with one attached hydrogen (secondary N) is 2. The molecule has 3 amide bonds. The molecule has 0 atom stereocenters. The lowest BCUT2D eigenvalue weighted by molar-refractivity contribution is -0.136. The van der Waals surface area contributed by atoms with E-state index in [4.69, 9.17) is 9.84 Å². The molecule has 0 saturated carbocycles. The Morgan fingerprint density at radius 2 is 2.00 bits per heavy atom. The van der Waals surface area contributed by atoms with E-state index in [-0.39, 0.29) is 19.1 Å². The molecule has 0 aliphatic heterocycles. The Kier molecular flexibility index (Phi) is 6.19. The van der Waals surface area contributed by atoms with Gasteiger partial charge in [0.15, 0.2) is 6.61 Å². The third-order valence-corrected chi connectivity index (χ3v) is 2.30. The van der Waals surface area contributed by atoms with Crippen molar-refractivity contribution in [2.75, 3.05) is 6.61 Å². The van der Waals surface area contributed by atoms with Crippen molar-refractivity contribution < 1.29 is 24.2 Å². The van der Waals surface area contributed by atoms with E-state index in [0.717, 1.165) is 0 Å². The number of hydrogen-bond acceptors (Lipinski definition) is 4. The molecule has 21 heavy (non-hydrogen) atoms. The highest BCUT2D eigenvalue weighted by Crippen LogP contribution is 2.13. The number of carbonyl (C=O) groups excluding carboxylic acids is 2. The van der Waals surface area contributed by atoms with Crippen LogP contribution in [0.25, 0.3) is 0 Å².